The zero-order valence-electron chi connectivity index (χ0n) is 22.6. The summed E-state index contributed by atoms with van der Waals surface area (Å²) >= 11 is 0. The maximum absolute atomic E-state index is 14.6. The van der Waals surface area contributed by atoms with Gasteiger partial charge < -0.3 is 15.8 Å². The number of guanidine groups is 1. The van der Waals surface area contributed by atoms with Crippen LogP contribution in [0.2, 0.25) is 0 Å². The van der Waals surface area contributed by atoms with Gasteiger partial charge in [-0.2, -0.15) is 0 Å². The highest BCUT2D eigenvalue weighted by Gasteiger charge is 2.38. The third-order valence-corrected chi connectivity index (χ3v) is 7.16. The number of halogens is 1. The quantitative estimate of drug-likeness (QED) is 0.387. The first kappa shape index (κ1) is 28.0. The molecule has 39 heavy (non-hydrogen) atoms. The molecule has 2 atom stereocenters. The molecule has 3 aromatic rings. The zero-order chi connectivity index (χ0) is 28.0. The second-order valence-corrected chi connectivity index (χ2v) is 10.4. The molecule has 1 heterocycles. The molecule has 8 heteroatoms. The minimum absolute atomic E-state index is 0.0166. The van der Waals surface area contributed by atoms with Crippen molar-refractivity contribution in [3.8, 4) is 0 Å². The first-order valence-corrected chi connectivity index (χ1v) is 13.1. The van der Waals surface area contributed by atoms with Crippen LogP contribution in [0.1, 0.15) is 60.3 Å². The van der Waals surface area contributed by atoms with E-state index in [1.165, 1.54) is 17.0 Å². The first-order chi connectivity index (χ1) is 18.6. The van der Waals surface area contributed by atoms with Crippen molar-refractivity contribution in [2.24, 2.45) is 16.6 Å². The van der Waals surface area contributed by atoms with Crippen molar-refractivity contribution in [3.63, 3.8) is 0 Å². The van der Waals surface area contributed by atoms with Crippen LogP contribution in [0, 0.1) is 11.7 Å². The van der Waals surface area contributed by atoms with Gasteiger partial charge in [0.2, 0.25) is 5.91 Å². The lowest BCUT2D eigenvalue weighted by molar-refractivity contribution is -0.130. The maximum Gasteiger partial charge on any atom is 0.251 e. The SMILES string of the molecule is CC(C)[C@]1(C)CC(=O)N(Cc2cc(F)cc(C(=O)N[C@@H](COCc3ccccc3)c3ccccc3)c2)C(N)=N1. The molecule has 0 unspecified atom stereocenters. The molecule has 3 N–H and O–H groups in total. The third-order valence-electron chi connectivity index (χ3n) is 7.16. The maximum atomic E-state index is 14.6. The molecule has 0 radical (unpaired) electrons. The Kier molecular flexibility index (Phi) is 8.76. The molecule has 0 saturated carbocycles. The molecule has 0 aliphatic carbocycles. The topological polar surface area (TPSA) is 97.0 Å². The number of hydrogen-bond acceptors (Lipinski definition) is 5. The summed E-state index contributed by atoms with van der Waals surface area (Å²) in [6.45, 7) is 6.53. The van der Waals surface area contributed by atoms with E-state index in [4.69, 9.17) is 10.5 Å². The summed E-state index contributed by atoms with van der Waals surface area (Å²) in [7, 11) is 0. The summed E-state index contributed by atoms with van der Waals surface area (Å²) in [4.78, 5) is 32.1. The number of benzene rings is 3. The lowest BCUT2D eigenvalue weighted by Crippen LogP contribution is -2.51. The largest absolute Gasteiger partial charge is 0.374 e. The Morgan fingerprint density at radius 1 is 1.08 bits per heavy atom. The van der Waals surface area contributed by atoms with Gasteiger partial charge in [-0.05, 0) is 47.7 Å². The van der Waals surface area contributed by atoms with E-state index in [0.717, 1.165) is 11.1 Å². The molecule has 2 amide bonds. The smallest absolute Gasteiger partial charge is 0.251 e. The molecule has 0 saturated heterocycles. The van der Waals surface area contributed by atoms with E-state index in [9.17, 15) is 14.0 Å². The van der Waals surface area contributed by atoms with Crippen molar-refractivity contribution in [1.29, 1.82) is 0 Å². The number of aliphatic imine (C=N–C) groups is 1. The number of nitrogens with zero attached hydrogens (tertiary/aromatic N) is 2. The molecule has 7 nitrogen and oxygen atoms in total. The van der Waals surface area contributed by atoms with Crippen LogP contribution in [0.3, 0.4) is 0 Å². The average Bonchev–Trinajstić information content (AvgIpc) is 2.91. The molecular weight excluding hydrogens is 495 g/mol. The molecule has 0 fully saturated rings. The Bertz CT molecular complexity index is 1330. The van der Waals surface area contributed by atoms with Gasteiger partial charge in [-0.25, -0.2) is 9.38 Å². The standard InChI is InChI=1S/C31H35FN4O3/c1-21(2)31(3)17-28(37)36(30(33)35-31)18-23-14-25(16-26(32)15-23)29(38)34-27(24-12-8-5-9-13-24)20-39-19-22-10-6-4-7-11-22/h4-16,21,27H,17-20H2,1-3H3,(H2,33,35)(H,34,38)/t27-,31-/m0/s1. The number of carbonyl (C=O) groups excluding carboxylic acids is 2. The van der Waals surface area contributed by atoms with Crippen molar-refractivity contribution < 1.29 is 18.7 Å². The van der Waals surface area contributed by atoms with Crippen molar-refractivity contribution in [2.45, 2.75) is 51.9 Å². The summed E-state index contributed by atoms with van der Waals surface area (Å²) in [6, 6.07) is 22.8. The Balaban J connectivity index is 1.49. The predicted octanol–water partition coefficient (Wildman–Crippen LogP) is 4.98. The number of amides is 2. The fourth-order valence-electron chi connectivity index (χ4n) is 4.47. The third kappa shape index (κ3) is 7.09. The Morgan fingerprint density at radius 3 is 2.38 bits per heavy atom. The Hall–Kier alpha value is -4.04. The fourth-order valence-corrected chi connectivity index (χ4v) is 4.47. The molecule has 4 rings (SSSR count). The highest BCUT2D eigenvalue weighted by atomic mass is 19.1. The minimum atomic E-state index is -0.584. The van der Waals surface area contributed by atoms with Crippen LogP contribution in [0.25, 0.3) is 0 Å². The van der Waals surface area contributed by atoms with Gasteiger partial charge in [0.05, 0.1) is 37.8 Å². The van der Waals surface area contributed by atoms with Gasteiger partial charge in [0, 0.05) is 5.56 Å². The molecule has 204 valence electrons. The molecular formula is C31H35FN4O3. The molecule has 0 spiro atoms. The number of rotatable bonds is 10. The normalized spacial score (nSPS) is 18.1. The van der Waals surface area contributed by atoms with E-state index < -0.39 is 23.3 Å². The van der Waals surface area contributed by atoms with Gasteiger partial charge in [0.15, 0.2) is 5.96 Å². The molecule has 0 aromatic heterocycles. The van der Waals surface area contributed by atoms with Crippen molar-refractivity contribution in [2.75, 3.05) is 6.61 Å². The second kappa shape index (κ2) is 12.2. The lowest BCUT2D eigenvalue weighted by atomic mass is 9.84. The number of carbonyl (C=O) groups is 2. The number of hydrogen-bond donors (Lipinski definition) is 2. The van der Waals surface area contributed by atoms with E-state index in [1.807, 2.05) is 81.4 Å². The van der Waals surface area contributed by atoms with Gasteiger partial charge in [0.1, 0.15) is 5.82 Å². The Morgan fingerprint density at radius 2 is 1.74 bits per heavy atom. The molecule has 1 aliphatic rings. The lowest BCUT2D eigenvalue weighted by Gasteiger charge is -2.37. The van der Waals surface area contributed by atoms with Crippen LogP contribution < -0.4 is 11.1 Å². The van der Waals surface area contributed by atoms with Crippen LogP contribution in [-0.4, -0.2) is 34.8 Å². The van der Waals surface area contributed by atoms with Gasteiger partial charge in [-0.1, -0.05) is 74.5 Å². The number of ether oxygens (including phenoxy) is 1. The monoisotopic (exact) mass is 530 g/mol. The van der Waals surface area contributed by atoms with Gasteiger partial charge >= 0.3 is 0 Å². The van der Waals surface area contributed by atoms with Crippen molar-refractivity contribution in [3.05, 3.63) is 107 Å². The highest BCUT2D eigenvalue weighted by molar-refractivity contribution is 5.99. The van der Waals surface area contributed by atoms with Crippen molar-refractivity contribution in [1.82, 2.24) is 10.2 Å². The van der Waals surface area contributed by atoms with Crippen molar-refractivity contribution >= 4 is 17.8 Å². The van der Waals surface area contributed by atoms with Crippen LogP contribution >= 0.6 is 0 Å². The van der Waals surface area contributed by atoms with E-state index >= 15 is 0 Å². The van der Waals surface area contributed by atoms with Crippen LogP contribution in [0.5, 0.6) is 0 Å². The van der Waals surface area contributed by atoms with Crippen LogP contribution in [0.15, 0.2) is 83.9 Å². The van der Waals surface area contributed by atoms with E-state index in [2.05, 4.69) is 10.3 Å². The summed E-state index contributed by atoms with van der Waals surface area (Å²) in [5.41, 5.74) is 8.04. The van der Waals surface area contributed by atoms with Gasteiger partial charge in [-0.15, -0.1) is 0 Å². The summed E-state index contributed by atoms with van der Waals surface area (Å²) in [5.74, 6) is -1.000. The summed E-state index contributed by atoms with van der Waals surface area (Å²) < 4.78 is 20.6. The zero-order valence-corrected chi connectivity index (χ0v) is 22.6. The van der Waals surface area contributed by atoms with Crippen LogP contribution in [-0.2, 0) is 22.7 Å². The fraction of sp³-hybridized carbons (Fsp3) is 0.323. The summed E-state index contributed by atoms with van der Waals surface area (Å²) in [6.07, 6.45) is 0.204. The Labute approximate surface area is 228 Å². The second-order valence-electron chi connectivity index (χ2n) is 10.4. The molecule has 0 bridgehead atoms. The molecule has 1 aliphatic heterocycles. The van der Waals surface area contributed by atoms with E-state index in [0.29, 0.717) is 12.2 Å². The molecule has 3 aromatic carbocycles. The van der Waals surface area contributed by atoms with E-state index in [1.54, 1.807) is 6.07 Å². The number of nitrogens with one attached hydrogen (secondary N) is 1. The van der Waals surface area contributed by atoms with Crippen LogP contribution in [0.4, 0.5) is 4.39 Å². The first-order valence-electron chi connectivity index (χ1n) is 13.1. The van der Waals surface area contributed by atoms with Gasteiger partial charge in [0.25, 0.3) is 5.91 Å². The minimum Gasteiger partial charge on any atom is -0.374 e. The average molecular weight is 531 g/mol. The predicted molar refractivity (Wildman–Crippen MR) is 149 cm³/mol. The highest BCUT2D eigenvalue weighted by Crippen LogP contribution is 2.30. The van der Waals surface area contributed by atoms with Gasteiger partial charge in [-0.3, -0.25) is 14.5 Å². The number of nitrogens with two attached hydrogens (primary N) is 1. The summed E-state index contributed by atoms with van der Waals surface area (Å²) in [5, 5.41) is 2.98. The van der Waals surface area contributed by atoms with E-state index in [-0.39, 0.29) is 42.9 Å².